The molecule has 0 radical (unpaired) electrons. The third kappa shape index (κ3) is 7.51. The summed E-state index contributed by atoms with van der Waals surface area (Å²) in [7, 11) is 3.15. The zero-order valence-corrected chi connectivity index (χ0v) is 24.4. The Morgan fingerprint density at radius 3 is 1.60 bits per heavy atom. The smallest absolute Gasteiger partial charge is 0.306 e. The fourth-order valence-corrected chi connectivity index (χ4v) is 5.07. The van der Waals surface area contributed by atoms with Gasteiger partial charge in [-0.2, -0.15) is 0 Å². The Labute approximate surface area is 245 Å². The molecular weight excluding hydrogens is 544 g/mol. The summed E-state index contributed by atoms with van der Waals surface area (Å²) in [6.07, 6.45) is 1.96. The number of carbonyl (C=O) groups excluding carboxylic acids is 4. The Kier molecular flexibility index (Phi) is 10.6. The van der Waals surface area contributed by atoms with Crippen molar-refractivity contribution in [1.82, 2.24) is 9.80 Å². The van der Waals surface area contributed by atoms with Crippen LogP contribution in [0, 0.1) is 0 Å². The number of hydrogen-bond acceptors (Lipinski definition) is 9. The number of ether oxygens (including phenoxy) is 5. The zero-order valence-electron chi connectivity index (χ0n) is 24.4. The third-order valence-corrected chi connectivity index (χ3v) is 7.25. The summed E-state index contributed by atoms with van der Waals surface area (Å²) in [5.74, 6) is 1.85. The number of aldehydes is 1. The Morgan fingerprint density at radius 1 is 0.714 bits per heavy atom. The number of hydrogen-bond donors (Lipinski definition) is 0. The maximum Gasteiger partial charge on any atom is 0.306 e. The van der Waals surface area contributed by atoms with Gasteiger partial charge in [-0.3, -0.25) is 14.4 Å². The molecule has 0 bridgehead atoms. The van der Waals surface area contributed by atoms with Crippen molar-refractivity contribution >= 4 is 24.1 Å². The number of fused-ring (bicyclic) bond motifs is 2. The molecule has 0 saturated carbocycles. The lowest BCUT2D eigenvalue weighted by atomic mass is 10.1. The van der Waals surface area contributed by atoms with Gasteiger partial charge >= 0.3 is 5.97 Å². The van der Waals surface area contributed by atoms with Crippen LogP contribution in [0.1, 0.15) is 61.3 Å². The summed E-state index contributed by atoms with van der Waals surface area (Å²) in [6, 6.07) is 7.60. The van der Waals surface area contributed by atoms with E-state index in [9.17, 15) is 19.2 Å². The van der Waals surface area contributed by atoms with Crippen molar-refractivity contribution in [2.24, 2.45) is 0 Å². The van der Waals surface area contributed by atoms with Crippen molar-refractivity contribution in [2.75, 3.05) is 34.0 Å². The standard InChI is InChI=1S/C31H38N2O9/c1-4-40-31(37)9-8-30(36)33-18-22-14-26(39-3)28(16-24(22)20-33)42-12-6-11-41-27-15-23-19-32(29(35)7-5-10-34)17-21(23)13-25(27)38-2/h10,13-16H,4-9,11-12,17-20H2,1-3H3. The third-order valence-electron chi connectivity index (χ3n) is 7.25. The number of amides is 2. The van der Waals surface area contributed by atoms with Gasteiger partial charge in [0.1, 0.15) is 6.29 Å². The quantitative estimate of drug-likeness (QED) is 0.176. The molecule has 2 heterocycles. The molecule has 11 heteroatoms. The Balaban J connectivity index is 1.28. The molecule has 2 aromatic carbocycles. The second-order valence-corrected chi connectivity index (χ2v) is 10.1. The van der Waals surface area contributed by atoms with Gasteiger partial charge in [0.15, 0.2) is 23.0 Å². The minimum Gasteiger partial charge on any atom is -0.493 e. The van der Waals surface area contributed by atoms with Crippen LogP contribution in [0.2, 0.25) is 0 Å². The summed E-state index contributed by atoms with van der Waals surface area (Å²) in [6.45, 7) is 4.65. The number of methoxy groups -OCH3 is 2. The van der Waals surface area contributed by atoms with Crippen molar-refractivity contribution in [1.29, 1.82) is 0 Å². The van der Waals surface area contributed by atoms with Gasteiger partial charge in [0.2, 0.25) is 11.8 Å². The highest BCUT2D eigenvalue weighted by Gasteiger charge is 2.27. The number of benzene rings is 2. The van der Waals surface area contributed by atoms with E-state index in [-0.39, 0.29) is 43.5 Å². The summed E-state index contributed by atoms with van der Waals surface area (Å²) >= 11 is 0. The molecule has 0 unspecified atom stereocenters. The molecule has 2 aliphatic heterocycles. The number of rotatable bonds is 15. The SMILES string of the molecule is CCOC(=O)CCC(=O)N1Cc2cc(OC)c(OCCCOc3cc4c(cc3OC)CN(C(=O)CCC=O)C4)cc2C1. The molecule has 42 heavy (non-hydrogen) atoms. The Morgan fingerprint density at radius 2 is 1.17 bits per heavy atom. The van der Waals surface area contributed by atoms with Gasteiger partial charge in [-0.1, -0.05) is 0 Å². The Hall–Kier alpha value is -4.28. The molecule has 0 N–H and O–H groups in total. The van der Waals surface area contributed by atoms with Gasteiger partial charge < -0.3 is 38.3 Å². The monoisotopic (exact) mass is 582 g/mol. The molecule has 0 saturated heterocycles. The van der Waals surface area contributed by atoms with E-state index in [1.54, 1.807) is 30.9 Å². The van der Waals surface area contributed by atoms with Crippen LogP contribution < -0.4 is 18.9 Å². The fraction of sp³-hybridized carbons (Fsp3) is 0.484. The second-order valence-electron chi connectivity index (χ2n) is 10.1. The van der Waals surface area contributed by atoms with Crippen LogP contribution in [0.15, 0.2) is 24.3 Å². The molecular formula is C31H38N2O9. The summed E-state index contributed by atoms with van der Waals surface area (Å²) in [5, 5.41) is 0. The number of nitrogens with zero attached hydrogens (tertiary/aromatic N) is 2. The van der Waals surface area contributed by atoms with Crippen LogP contribution >= 0.6 is 0 Å². The lowest BCUT2D eigenvalue weighted by Gasteiger charge is -2.14. The maximum atomic E-state index is 12.6. The van der Waals surface area contributed by atoms with Crippen LogP contribution in [0.4, 0.5) is 0 Å². The summed E-state index contributed by atoms with van der Waals surface area (Å²) < 4.78 is 28.0. The van der Waals surface area contributed by atoms with Crippen LogP contribution in [0.25, 0.3) is 0 Å². The molecule has 0 spiro atoms. The van der Waals surface area contributed by atoms with Crippen molar-refractivity contribution in [3.05, 3.63) is 46.5 Å². The van der Waals surface area contributed by atoms with Gasteiger partial charge in [-0.15, -0.1) is 0 Å². The van der Waals surface area contributed by atoms with Gasteiger partial charge in [-0.25, -0.2) is 0 Å². The van der Waals surface area contributed by atoms with Crippen LogP contribution in [0.3, 0.4) is 0 Å². The van der Waals surface area contributed by atoms with Crippen LogP contribution in [0.5, 0.6) is 23.0 Å². The normalized spacial score (nSPS) is 13.3. The van der Waals surface area contributed by atoms with Crippen molar-refractivity contribution in [3.8, 4) is 23.0 Å². The van der Waals surface area contributed by atoms with Crippen molar-refractivity contribution in [2.45, 2.75) is 65.2 Å². The van der Waals surface area contributed by atoms with E-state index >= 15 is 0 Å². The van der Waals surface area contributed by atoms with E-state index in [0.717, 1.165) is 28.5 Å². The molecule has 0 aliphatic carbocycles. The Bertz CT molecular complexity index is 1310. The summed E-state index contributed by atoms with van der Waals surface area (Å²) in [4.78, 5) is 50.6. The zero-order chi connectivity index (χ0) is 30.1. The van der Waals surface area contributed by atoms with Crippen LogP contribution in [-0.2, 0) is 50.1 Å². The van der Waals surface area contributed by atoms with Gasteiger partial charge in [0, 0.05) is 51.9 Å². The fourth-order valence-electron chi connectivity index (χ4n) is 5.07. The first-order valence-electron chi connectivity index (χ1n) is 14.2. The number of esters is 1. The first-order chi connectivity index (χ1) is 20.4. The van der Waals surface area contributed by atoms with Crippen LogP contribution in [-0.4, -0.2) is 67.9 Å². The lowest BCUT2D eigenvalue weighted by Crippen LogP contribution is -2.25. The highest BCUT2D eigenvalue weighted by molar-refractivity contribution is 5.82. The van der Waals surface area contributed by atoms with Crippen molar-refractivity contribution in [3.63, 3.8) is 0 Å². The van der Waals surface area contributed by atoms with Gasteiger partial charge in [0.25, 0.3) is 0 Å². The molecule has 4 rings (SSSR count). The first kappa shape index (κ1) is 30.7. The maximum absolute atomic E-state index is 12.6. The average Bonchev–Trinajstić information content (AvgIpc) is 3.61. The van der Waals surface area contributed by atoms with E-state index in [4.69, 9.17) is 23.7 Å². The number of carbonyl (C=O) groups is 4. The van der Waals surface area contributed by atoms with Gasteiger partial charge in [-0.05, 0) is 53.4 Å². The van der Waals surface area contributed by atoms with Gasteiger partial charge in [0.05, 0.1) is 40.5 Å². The minimum atomic E-state index is -0.371. The lowest BCUT2D eigenvalue weighted by molar-refractivity contribution is -0.145. The predicted molar refractivity (Wildman–Crippen MR) is 151 cm³/mol. The second kappa shape index (κ2) is 14.6. The average molecular weight is 583 g/mol. The molecule has 226 valence electrons. The molecule has 2 aliphatic rings. The van der Waals surface area contributed by atoms with E-state index < -0.39 is 0 Å². The first-order valence-corrected chi connectivity index (χ1v) is 14.2. The topological polar surface area (TPSA) is 121 Å². The largest absolute Gasteiger partial charge is 0.493 e. The van der Waals surface area contributed by atoms with E-state index in [1.165, 1.54) is 0 Å². The molecule has 2 aromatic rings. The van der Waals surface area contributed by atoms with E-state index in [2.05, 4.69) is 0 Å². The van der Waals surface area contributed by atoms with E-state index in [0.29, 0.717) is 75.4 Å². The summed E-state index contributed by atoms with van der Waals surface area (Å²) in [5.41, 5.74) is 3.97. The molecule has 0 atom stereocenters. The highest BCUT2D eigenvalue weighted by Crippen LogP contribution is 2.37. The molecule has 0 aromatic heterocycles. The van der Waals surface area contributed by atoms with E-state index in [1.807, 2.05) is 24.3 Å². The highest BCUT2D eigenvalue weighted by atomic mass is 16.5. The molecule has 11 nitrogen and oxygen atoms in total. The molecule has 0 fully saturated rings. The van der Waals surface area contributed by atoms with Crippen molar-refractivity contribution < 1.29 is 42.9 Å². The predicted octanol–water partition coefficient (Wildman–Crippen LogP) is 3.56. The molecule has 2 amide bonds. The minimum absolute atomic E-state index is 0.0489.